The van der Waals surface area contributed by atoms with E-state index < -0.39 is 0 Å². The largest absolute Gasteiger partial charge is 0.332 e. The van der Waals surface area contributed by atoms with E-state index in [9.17, 15) is 4.79 Å². The van der Waals surface area contributed by atoms with Crippen molar-refractivity contribution in [3.05, 3.63) is 18.1 Å². The van der Waals surface area contributed by atoms with Gasteiger partial charge in [-0.1, -0.05) is 0 Å². The normalized spacial score (nSPS) is 10.8. The maximum Gasteiger partial charge on any atom is 0.166 e. The van der Waals surface area contributed by atoms with Gasteiger partial charge in [0.2, 0.25) is 0 Å². The Kier molecular flexibility index (Phi) is 1.30. The van der Waals surface area contributed by atoms with Gasteiger partial charge in [0.1, 0.15) is 0 Å². The molecule has 0 amide bonds. The Morgan fingerprint density at radius 2 is 2.25 bits per heavy atom. The number of aryl methyl sites for hydroxylation is 2. The zero-order chi connectivity index (χ0) is 8.72. The summed E-state index contributed by atoms with van der Waals surface area (Å²) in [7, 11) is 3.74. The predicted molar refractivity (Wildman–Crippen MR) is 45.1 cm³/mol. The van der Waals surface area contributed by atoms with Gasteiger partial charge in [0.05, 0.1) is 17.5 Å². The fraction of sp³-hybridized carbons (Fsp3) is 0.250. The van der Waals surface area contributed by atoms with Crippen molar-refractivity contribution >= 4 is 17.5 Å². The van der Waals surface area contributed by atoms with E-state index in [2.05, 4.69) is 4.98 Å². The van der Waals surface area contributed by atoms with E-state index in [0.717, 1.165) is 17.5 Å². The number of aromatic nitrogens is 3. The average Bonchev–Trinajstić information content (AvgIpc) is 2.55. The first-order valence-corrected chi connectivity index (χ1v) is 3.66. The number of fused-ring (bicyclic) bond motifs is 1. The number of rotatable bonds is 1. The number of hydrogen-bond acceptors (Lipinski definition) is 2. The van der Waals surface area contributed by atoms with Gasteiger partial charge in [-0.15, -0.1) is 0 Å². The van der Waals surface area contributed by atoms with Gasteiger partial charge in [0.25, 0.3) is 0 Å². The lowest BCUT2D eigenvalue weighted by atomic mass is 10.4. The van der Waals surface area contributed by atoms with Crippen LogP contribution >= 0.6 is 0 Å². The Balaban J connectivity index is 2.87. The molecule has 0 radical (unpaired) electrons. The Labute approximate surface area is 69.4 Å². The highest BCUT2D eigenvalue weighted by Crippen LogP contribution is 2.14. The second kappa shape index (κ2) is 2.20. The number of aldehydes is 1. The summed E-state index contributed by atoms with van der Waals surface area (Å²) in [6, 6.07) is 1.83. The Morgan fingerprint density at radius 3 is 2.83 bits per heavy atom. The second-order valence-corrected chi connectivity index (χ2v) is 2.81. The lowest BCUT2D eigenvalue weighted by Gasteiger charge is -1.91. The summed E-state index contributed by atoms with van der Waals surface area (Å²) in [5.41, 5.74) is 2.49. The van der Waals surface area contributed by atoms with Gasteiger partial charge >= 0.3 is 0 Å². The Morgan fingerprint density at radius 1 is 1.50 bits per heavy atom. The van der Waals surface area contributed by atoms with Crippen molar-refractivity contribution in [2.24, 2.45) is 14.1 Å². The van der Waals surface area contributed by atoms with Crippen LogP contribution in [0.5, 0.6) is 0 Å². The van der Waals surface area contributed by atoms with Crippen LogP contribution in [0.2, 0.25) is 0 Å². The third kappa shape index (κ3) is 0.717. The maximum atomic E-state index is 10.5. The van der Waals surface area contributed by atoms with Crippen molar-refractivity contribution in [3.63, 3.8) is 0 Å². The summed E-state index contributed by atoms with van der Waals surface area (Å²) in [4.78, 5) is 14.7. The van der Waals surface area contributed by atoms with E-state index in [0.29, 0.717) is 5.69 Å². The van der Waals surface area contributed by atoms with Gasteiger partial charge < -0.3 is 9.13 Å². The molecule has 2 aromatic rings. The molecular formula is C8H9N3O. The average molecular weight is 163 g/mol. The molecule has 4 heteroatoms. The fourth-order valence-corrected chi connectivity index (χ4v) is 1.32. The van der Waals surface area contributed by atoms with E-state index in [4.69, 9.17) is 0 Å². The second-order valence-electron chi connectivity index (χ2n) is 2.81. The molecule has 0 unspecified atom stereocenters. The molecular weight excluding hydrogens is 154 g/mol. The number of hydrogen-bond donors (Lipinski definition) is 0. The molecule has 4 nitrogen and oxygen atoms in total. The van der Waals surface area contributed by atoms with Crippen LogP contribution in [0.15, 0.2) is 12.4 Å². The number of nitrogens with zero attached hydrogens (tertiary/aromatic N) is 3. The first-order chi connectivity index (χ1) is 5.74. The van der Waals surface area contributed by atoms with Gasteiger partial charge in [0, 0.05) is 14.1 Å². The van der Waals surface area contributed by atoms with Gasteiger partial charge in [-0.05, 0) is 6.07 Å². The van der Waals surface area contributed by atoms with E-state index >= 15 is 0 Å². The molecule has 62 valence electrons. The van der Waals surface area contributed by atoms with Crippen molar-refractivity contribution in [2.75, 3.05) is 0 Å². The van der Waals surface area contributed by atoms with E-state index in [-0.39, 0.29) is 0 Å². The van der Waals surface area contributed by atoms with Gasteiger partial charge in [-0.3, -0.25) is 4.79 Å². The van der Waals surface area contributed by atoms with Crippen LogP contribution in [0.25, 0.3) is 11.2 Å². The van der Waals surface area contributed by atoms with Crippen molar-refractivity contribution in [1.29, 1.82) is 0 Å². The minimum atomic E-state index is 0.656. The monoisotopic (exact) mass is 163 g/mol. The molecule has 12 heavy (non-hydrogen) atoms. The molecule has 0 N–H and O–H groups in total. The third-order valence-corrected chi connectivity index (χ3v) is 2.07. The van der Waals surface area contributed by atoms with Crippen molar-refractivity contribution in [1.82, 2.24) is 14.1 Å². The molecule has 2 rings (SSSR count). The van der Waals surface area contributed by atoms with Crippen LogP contribution < -0.4 is 0 Å². The Bertz CT molecular complexity index is 438. The molecule has 2 heterocycles. The molecule has 0 spiro atoms. The minimum absolute atomic E-state index is 0.656. The first kappa shape index (κ1) is 7.09. The number of imidazole rings is 1. The molecule has 0 saturated heterocycles. The van der Waals surface area contributed by atoms with Crippen LogP contribution in [0.4, 0.5) is 0 Å². The molecule has 0 aliphatic rings. The lowest BCUT2D eigenvalue weighted by Crippen LogP contribution is -1.93. The van der Waals surface area contributed by atoms with Crippen LogP contribution in [-0.4, -0.2) is 20.4 Å². The SMILES string of the molecule is Cn1cnc2c1cc(C=O)n2C. The third-order valence-electron chi connectivity index (χ3n) is 2.07. The van der Waals surface area contributed by atoms with E-state index in [1.54, 1.807) is 10.9 Å². The highest BCUT2D eigenvalue weighted by atomic mass is 16.1. The molecule has 0 fully saturated rings. The molecule has 0 aliphatic carbocycles. The molecule has 0 atom stereocenters. The highest BCUT2D eigenvalue weighted by Gasteiger charge is 2.07. The van der Waals surface area contributed by atoms with E-state index in [1.165, 1.54) is 0 Å². The minimum Gasteiger partial charge on any atom is -0.332 e. The number of carbonyl (C=O) groups is 1. The van der Waals surface area contributed by atoms with Crippen molar-refractivity contribution < 1.29 is 4.79 Å². The quantitative estimate of drug-likeness (QED) is 0.581. The summed E-state index contributed by atoms with van der Waals surface area (Å²) in [5, 5.41) is 0. The zero-order valence-electron chi connectivity index (χ0n) is 6.98. The molecule has 0 saturated carbocycles. The summed E-state index contributed by atoms with van der Waals surface area (Å²) in [6.45, 7) is 0. The summed E-state index contributed by atoms with van der Waals surface area (Å²) >= 11 is 0. The van der Waals surface area contributed by atoms with Crippen LogP contribution in [-0.2, 0) is 14.1 Å². The molecule has 0 aliphatic heterocycles. The first-order valence-electron chi connectivity index (χ1n) is 3.66. The standard InChI is InChI=1S/C8H9N3O/c1-10-5-9-8-7(10)3-6(4-12)11(8)2/h3-5H,1-2H3. The van der Waals surface area contributed by atoms with Crippen molar-refractivity contribution in [3.8, 4) is 0 Å². The summed E-state index contributed by atoms with van der Waals surface area (Å²) in [6.07, 6.45) is 2.57. The summed E-state index contributed by atoms with van der Waals surface area (Å²) < 4.78 is 3.67. The topological polar surface area (TPSA) is 39.8 Å². The Hall–Kier alpha value is -1.58. The molecule has 0 bridgehead atoms. The van der Waals surface area contributed by atoms with Crippen LogP contribution in [0.1, 0.15) is 10.5 Å². The smallest absolute Gasteiger partial charge is 0.166 e. The fourth-order valence-electron chi connectivity index (χ4n) is 1.32. The molecule has 0 aromatic carbocycles. The van der Waals surface area contributed by atoms with Crippen LogP contribution in [0, 0.1) is 0 Å². The van der Waals surface area contributed by atoms with Gasteiger partial charge in [0.15, 0.2) is 11.9 Å². The van der Waals surface area contributed by atoms with Crippen molar-refractivity contribution in [2.45, 2.75) is 0 Å². The zero-order valence-corrected chi connectivity index (χ0v) is 6.98. The lowest BCUT2D eigenvalue weighted by molar-refractivity contribution is 0.111. The maximum absolute atomic E-state index is 10.5. The number of carbonyl (C=O) groups excluding carboxylic acids is 1. The van der Waals surface area contributed by atoms with Crippen LogP contribution in [0.3, 0.4) is 0 Å². The van der Waals surface area contributed by atoms with E-state index in [1.807, 2.05) is 24.7 Å². The predicted octanol–water partition coefficient (Wildman–Crippen LogP) is 0.724. The van der Waals surface area contributed by atoms with Gasteiger partial charge in [-0.25, -0.2) is 4.98 Å². The van der Waals surface area contributed by atoms with Gasteiger partial charge in [-0.2, -0.15) is 0 Å². The highest BCUT2D eigenvalue weighted by molar-refractivity contribution is 5.84. The summed E-state index contributed by atoms with van der Waals surface area (Å²) in [5.74, 6) is 0. The molecule has 2 aromatic heterocycles.